The molecule has 1 heterocycles. The van der Waals surface area contributed by atoms with Gasteiger partial charge < -0.3 is 5.32 Å². The Balaban J connectivity index is 1.83. The van der Waals surface area contributed by atoms with Crippen LogP contribution in [-0.4, -0.2) is 10.2 Å². The highest BCUT2D eigenvalue weighted by molar-refractivity contribution is 5.93. The van der Waals surface area contributed by atoms with Crippen LogP contribution in [0.3, 0.4) is 0 Å². The van der Waals surface area contributed by atoms with Gasteiger partial charge in [-0.25, -0.2) is 0 Å². The van der Waals surface area contributed by atoms with E-state index in [0.29, 0.717) is 5.69 Å². The Bertz CT molecular complexity index is 956. The number of aryl methyl sites for hydroxylation is 2. The number of benzene rings is 2. The fourth-order valence-corrected chi connectivity index (χ4v) is 3.52. The first kappa shape index (κ1) is 14.6. The van der Waals surface area contributed by atoms with E-state index in [0.717, 1.165) is 41.4 Å². The highest BCUT2D eigenvalue weighted by Crippen LogP contribution is 2.35. The maximum Gasteiger partial charge on any atom is 0.186 e. The standard InChI is InChI=1S/C20H18N4/c1-13-9-10-18-16(11-13)20(19(12-21)24-23-18)22-17-8-4-6-14-5-2-3-7-15(14)17/h2-3,5,7,9-11,17H,4,6,8H2,1H3,(H,22,23). The van der Waals surface area contributed by atoms with Crippen LogP contribution in [0.5, 0.6) is 0 Å². The molecule has 24 heavy (non-hydrogen) atoms. The number of fused-ring (bicyclic) bond motifs is 2. The van der Waals surface area contributed by atoms with Crippen LogP contribution in [-0.2, 0) is 6.42 Å². The lowest BCUT2D eigenvalue weighted by molar-refractivity contribution is 0.600. The van der Waals surface area contributed by atoms with Gasteiger partial charge in [0.15, 0.2) is 5.69 Å². The Labute approximate surface area is 141 Å². The van der Waals surface area contributed by atoms with Gasteiger partial charge in [-0.2, -0.15) is 5.26 Å². The highest BCUT2D eigenvalue weighted by Gasteiger charge is 2.22. The molecule has 0 fully saturated rings. The van der Waals surface area contributed by atoms with Gasteiger partial charge in [-0.05, 0) is 49.4 Å². The van der Waals surface area contributed by atoms with Crippen LogP contribution in [0.15, 0.2) is 42.5 Å². The summed E-state index contributed by atoms with van der Waals surface area (Å²) in [6.45, 7) is 2.05. The first-order valence-electron chi connectivity index (χ1n) is 8.28. The summed E-state index contributed by atoms with van der Waals surface area (Å²) >= 11 is 0. The zero-order valence-corrected chi connectivity index (χ0v) is 13.6. The number of hydrogen-bond donors (Lipinski definition) is 1. The van der Waals surface area contributed by atoms with Crippen LogP contribution >= 0.6 is 0 Å². The summed E-state index contributed by atoms with van der Waals surface area (Å²) in [7, 11) is 0. The summed E-state index contributed by atoms with van der Waals surface area (Å²) < 4.78 is 0. The fraction of sp³-hybridized carbons (Fsp3) is 0.250. The van der Waals surface area contributed by atoms with Crippen molar-refractivity contribution >= 4 is 16.6 Å². The summed E-state index contributed by atoms with van der Waals surface area (Å²) in [4.78, 5) is 0. The molecular formula is C20H18N4. The number of hydrogen-bond acceptors (Lipinski definition) is 4. The predicted molar refractivity (Wildman–Crippen MR) is 94.7 cm³/mol. The third kappa shape index (κ3) is 2.48. The van der Waals surface area contributed by atoms with Gasteiger partial charge in [0.1, 0.15) is 6.07 Å². The molecule has 118 valence electrons. The molecule has 0 spiro atoms. The van der Waals surface area contributed by atoms with Crippen molar-refractivity contribution in [3.63, 3.8) is 0 Å². The summed E-state index contributed by atoms with van der Waals surface area (Å²) in [5.41, 5.74) is 5.83. The van der Waals surface area contributed by atoms with E-state index in [1.165, 1.54) is 11.1 Å². The third-order valence-corrected chi connectivity index (χ3v) is 4.71. The SMILES string of the molecule is Cc1ccc2nnc(C#N)c(NC3CCCc4ccccc43)c2c1. The van der Waals surface area contributed by atoms with E-state index < -0.39 is 0 Å². The maximum absolute atomic E-state index is 9.48. The van der Waals surface area contributed by atoms with Gasteiger partial charge in [-0.3, -0.25) is 0 Å². The Morgan fingerprint density at radius 1 is 1.17 bits per heavy atom. The number of aromatic nitrogens is 2. The topological polar surface area (TPSA) is 61.6 Å². The van der Waals surface area contributed by atoms with Gasteiger partial charge in [-0.15, -0.1) is 10.2 Å². The Morgan fingerprint density at radius 3 is 2.92 bits per heavy atom. The molecule has 3 aromatic rings. The molecule has 0 aliphatic heterocycles. The average molecular weight is 314 g/mol. The molecule has 0 saturated heterocycles. The number of nitriles is 1. The lowest BCUT2D eigenvalue weighted by Gasteiger charge is -2.27. The van der Waals surface area contributed by atoms with E-state index in [4.69, 9.17) is 0 Å². The first-order valence-corrected chi connectivity index (χ1v) is 8.28. The second-order valence-electron chi connectivity index (χ2n) is 6.34. The van der Waals surface area contributed by atoms with Crippen molar-refractivity contribution in [3.05, 3.63) is 64.8 Å². The third-order valence-electron chi connectivity index (χ3n) is 4.71. The maximum atomic E-state index is 9.48. The monoisotopic (exact) mass is 314 g/mol. The van der Waals surface area contributed by atoms with Gasteiger partial charge >= 0.3 is 0 Å². The van der Waals surface area contributed by atoms with Crippen molar-refractivity contribution in [1.82, 2.24) is 10.2 Å². The van der Waals surface area contributed by atoms with Crippen LogP contribution in [0.2, 0.25) is 0 Å². The molecule has 1 atom stereocenters. The summed E-state index contributed by atoms with van der Waals surface area (Å²) in [5.74, 6) is 0. The van der Waals surface area contributed by atoms with Crippen molar-refractivity contribution in [2.24, 2.45) is 0 Å². The minimum absolute atomic E-state index is 0.204. The van der Waals surface area contributed by atoms with Gasteiger partial charge in [0.25, 0.3) is 0 Å². The van der Waals surface area contributed by atoms with E-state index >= 15 is 0 Å². The smallest absolute Gasteiger partial charge is 0.186 e. The quantitative estimate of drug-likeness (QED) is 0.766. The van der Waals surface area contributed by atoms with Crippen LogP contribution < -0.4 is 5.32 Å². The summed E-state index contributed by atoms with van der Waals surface area (Å²) in [5, 5.41) is 22.3. The fourth-order valence-electron chi connectivity index (χ4n) is 3.52. The molecule has 0 radical (unpaired) electrons. The molecule has 4 nitrogen and oxygen atoms in total. The molecule has 1 unspecified atom stereocenters. The van der Waals surface area contributed by atoms with E-state index in [1.807, 2.05) is 19.1 Å². The van der Waals surface area contributed by atoms with Crippen LogP contribution in [0.25, 0.3) is 10.9 Å². The van der Waals surface area contributed by atoms with E-state index in [-0.39, 0.29) is 6.04 Å². The molecule has 1 aliphatic rings. The largest absolute Gasteiger partial charge is 0.375 e. The molecule has 4 heteroatoms. The van der Waals surface area contributed by atoms with Crippen molar-refractivity contribution in [3.8, 4) is 6.07 Å². The number of anilines is 1. The van der Waals surface area contributed by atoms with Gasteiger partial charge in [-0.1, -0.05) is 35.9 Å². The number of rotatable bonds is 2. The lowest BCUT2D eigenvalue weighted by atomic mass is 9.87. The Kier molecular flexibility index (Phi) is 3.62. The van der Waals surface area contributed by atoms with Crippen LogP contribution in [0.1, 0.15) is 41.3 Å². The second kappa shape index (κ2) is 5.93. The van der Waals surface area contributed by atoms with Crippen molar-refractivity contribution in [1.29, 1.82) is 5.26 Å². The zero-order chi connectivity index (χ0) is 16.5. The van der Waals surface area contributed by atoms with Crippen molar-refractivity contribution in [2.45, 2.75) is 32.2 Å². The van der Waals surface area contributed by atoms with Crippen molar-refractivity contribution in [2.75, 3.05) is 5.32 Å². The Hall–Kier alpha value is -2.93. The summed E-state index contributed by atoms with van der Waals surface area (Å²) in [6, 6.07) is 17.0. The van der Waals surface area contributed by atoms with Gasteiger partial charge in [0, 0.05) is 5.39 Å². The van der Waals surface area contributed by atoms with E-state index in [9.17, 15) is 5.26 Å². The summed E-state index contributed by atoms with van der Waals surface area (Å²) in [6.07, 6.45) is 3.32. The minimum Gasteiger partial charge on any atom is -0.375 e. The molecule has 0 bridgehead atoms. The number of nitrogens with zero attached hydrogens (tertiary/aromatic N) is 3. The second-order valence-corrected chi connectivity index (χ2v) is 6.34. The van der Waals surface area contributed by atoms with Crippen molar-refractivity contribution < 1.29 is 0 Å². The van der Waals surface area contributed by atoms with Crippen LogP contribution in [0, 0.1) is 18.3 Å². The Morgan fingerprint density at radius 2 is 2.04 bits per heavy atom. The molecule has 1 aliphatic carbocycles. The molecular weight excluding hydrogens is 296 g/mol. The molecule has 0 amide bonds. The highest BCUT2D eigenvalue weighted by atomic mass is 15.1. The average Bonchev–Trinajstić information content (AvgIpc) is 2.62. The van der Waals surface area contributed by atoms with Crippen LogP contribution in [0.4, 0.5) is 5.69 Å². The lowest BCUT2D eigenvalue weighted by Crippen LogP contribution is -2.18. The molecule has 0 saturated carbocycles. The normalized spacial score (nSPS) is 16.4. The number of nitrogens with one attached hydrogen (secondary N) is 1. The minimum atomic E-state index is 0.204. The predicted octanol–water partition coefficient (Wildman–Crippen LogP) is 4.30. The zero-order valence-electron chi connectivity index (χ0n) is 13.6. The molecule has 4 rings (SSSR count). The van der Waals surface area contributed by atoms with Gasteiger partial charge in [0.2, 0.25) is 0 Å². The molecule has 1 aromatic heterocycles. The molecule has 1 N–H and O–H groups in total. The van der Waals surface area contributed by atoms with E-state index in [1.54, 1.807) is 0 Å². The first-order chi connectivity index (χ1) is 11.8. The van der Waals surface area contributed by atoms with E-state index in [2.05, 4.69) is 51.9 Å². The van der Waals surface area contributed by atoms with Gasteiger partial charge in [0.05, 0.1) is 17.2 Å². The molecule has 2 aromatic carbocycles.